The second-order valence-electron chi connectivity index (χ2n) is 5.85. The van der Waals surface area contributed by atoms with Gasteiger partial charge < -0.3 is 4.90 Å². The summed E-state index contributed by atoms with van der Waals surface area (Å²) in [7, 11) is 6.25. The fourth-order valence-electron chi connectivity index (χ4n) is 2.30. The van der Waals surface area contributed by atoms with Crippen LogP contribution in [0.2, 0.25) is 0 Å². The third kappa shape index (κ3) is 2.85. The Bertz CT molecular complexity index is 356. The molecule has 0 aromatic carbocycles. The van der Waals surface area contributed by atoms with Gasteiger partial charge in [-0.3, -0.25) is 4.68 Å². The summed E-state index contributed by atoms with van der Waals surface area (Å²) in [5, 5.41) is 4.64. The van der Waals surface area contributed by atoms with E-state index in [0.29, 0.717) is 0 Å². The minimum absolute atomic E-state index is 0.169. The van der Waals surface area contributed by atoms with Gasteiger partial charge in [0.25, 0.3) is 0 Å². The lowest BCUT2D eigenvalue weighted by Gasteiger charge is -2.20. The monoisotopic (exact) mass is 223 g/mol. The van der Waals surface area contributed by atoms with E-state index in [9.17, 15) is 0 Å². The summed E-state index contributed by atoms with van der Waals surface area (Å²) in [6, 6.07) is 0. The molecular weight excluding hydrogens is 198 g/mol. The summed E-state index contributed by atoms with van der Waals surface area (Å²) >= 11 is 0. The maximum atomic E-state index is 4.64. The van der Waals surface area contributed by atoms with E-state index in [2.05, 4.69) is 51.8 Å². The quantitative estimate of drug-likeness (QED) is 0.783. The molecule has 0 aliphatic rings. The molecule has 0 radical (unpaired) electrons. The van der Waals surface area contributed by atoms with Crippen molar-refractivity contribution in [3.05, 3.63) is 17.0 Å². The minimum Gasteiger partial charge on any atom is -0.309 e. The van der Waals surface area contributed by atoms with Gasteiger partial charge in [0, 0.05) is 31.1 Å². The van der Waals surface area contributed by atoms with Gasteiger partial charge in [-0.1, -0.05) is 20.8 Å². The molecule has 1 aromatic rings. The van der Waals surface area contributed by atoms with Gasteiger partial charge in [0.2, 0.25) is 0 Å². The fraction of sp³-hybridized carbons (Fsp3) is 0.769. The van der Waals surface area contributed by atoms with Crippen molar-refractivity contribution in [1.82, 2.24) is 14.7 Å². The Morgan fingerprint density at radius 3 is 2.19 bits per heavy atom. The van der Waals surface area contributed by atoms with Crippen molar-refractivity contribution in [3.63, 3.8) is 0 Å². The molecule has 3 nitrogen and oxygen atoms in total. The van der Waals surface area contributed by atoms with Crippen LogP contribution >= 0.6 is 0 Å². The first kappa shape index (κ1) is 13.2. The highest BCUT2D eigenvalue weighted by molar-refractivity contribution is 5.30. The highest BCUT2D eigenvalue weighted by atomic mass is 15.3. The zero-order valence-corrected chi connectivity index (χ0v) is 11.8. The number of aryl methyl sites for hydroxylation is 1. The van der Waals surface area contributed by atoms with E-state index in [-0.39, 0.29) is 5.41 Å². The Labute approximate surface area is 99.4 Å². The van der Waals surface area contributed by atoms with Crippen molar-refractivity contribution in [2.24, 2.45) is 7.05 Å². The molecule has 0 saturated heterocycles. The standard InChI is InChI=1S/C13H25N3/c1-10-11(8-9-15(5)6)14-16(7)12(10)13(2,3)4/h8-9H2,1-7H3. The van der Waals surface area contributed by atoms with E-state index in [4.69, 9.17) is 0 Å². The molecule has 0 aliphatic heterocycles. The topological polar surface area (TPSA) is 21.1 Å². The van der Waals surface area contributed by atoms with Gasteiger partial charge in [-0.05, 0) is 26.6 Å². The molecule has 3 heteroatoms. The Hall–Kier alpha value is -0.830. The van der Waals surface area contributed by atoms with Gasteiger partial charge in [-0.2, -0.15) is 5.10 Å². The van der Waals surface area contributed by atoms with E-state index in [1.54, 1.807) is 0 Å². The first-order valence-corrected chi connectivity index (χ1v) is 5.91. The summed E-state index contributed by atoms with van der Waals surface area (Å²) in [4.78, 5) is 2.20. The van der Waals surface area contributed by atoms with Gasteiger partial charge >= 0.3 is 0 Å². The summed E-state index contributed by atoms with van der Waals surface area (Å²) in [5.74, 6) is 0. The van der Waals surface area contributed by atoms with Gasteiger partial charge in [-0.15, -0.1) is 0 Å². The zero-order chi connectivity index (χ0) is 12.5. The minimum atomic E-state index is 0.169. The fourth-order valence-corrected chi connectivity index (χ4v) is 2.30. The molecule has 0 amide bonds. The average Bonchev–Trinajstić information content (AvgIpc) is 2.36. The second-order valence-corrected chi connectivity index (χ2v) is 5.85. The summed E-state index contributed by atoms with van der Waals surface area (Å²) in [6.07, 6.45) is 1.03. The van der Waals surface area contributed by atoms with Crippen LogP contribution in [0.4, 0.5) is 0 Å². The Kier molecular flexibility index (Phi) is 3.79. The molecule has 0 fully saturated rings. The molecule has 0 saturated carbocycles. The third-order valence-corrected chi connectivity index (χ3v) is 2.89. The molecule has 1 rings (SSSR count). The number of hydrogen-bond donors (Lipinski definition) is 0. The van der Waals surface area contributed by atoms with E-state index >= 15 is 0 Å². The predicted octanol–water partition coefficient (Wildman–Crippen LogP) is 2.13. The van der Waals surface area contributed by atoms with Crippen molar-refractivity contribution in [3.8, 4) is 0 Å². The van der Waals surface area contributed by atoms with Crippen LogP contribution in [0.15, 0.2) is 0 Å². The van der Waals surface area contributed by atoms with Crippen LogP contribution in [0.3, 0.4) is 0 Å². The molecule has 1 aromatic heterocycles. The maximum Gasteiger partial charge on any atom is 0.0669 e. The normalized spacial score (nSPS) is 12.5. The molecule has 0 bridgehead atoms. The van der Waals surface area contributed by atoms with Crippen molar-refractivity contribution in [2.45, 2.75) is 39.5 Å². The van der Waals surface area contributed by atoms with Crippen LogP contribution in [0.5, 0.6) is 0 Å². The van der Waals surface area contributed by atoms with E-state index in [1.165, 1.54) is 17.0 Å². The lowest BCUT2D eigenvalue weighted by Crippen LogP contribution is -2.17. The summed E-state index contributed by atoms with van der Waals surface area (Å²) in [6.45, 7) is 9.98. The molecule has 92 valence electrons. The number of likely N-dealkylation sites (N-methyl/N-ethyl adjacent to an activating group) is 1. The van der Waals surface area contributed by atoms with E-state index in [1.807, 2.05) is 11.7 Å². The third-order valence-electron chi connectivity index (χ3n) is 2.89. The van der Waals surface area contributed by atoms with Crippen LogP contribution in [-0.2, 0) is 18.9 Å². The predicted molar refractivity (Wildman–Crippen MR) is 68.9 cm³/mol. The summed E-state index contributed by atoms with van der Waals surface area (Å²) in [5.41, 5.74) is 4.11. The first-order chi connectivity index (χ1) is 7.23. The van der Waals surface area contributed by atoms with Crippen LogP contribution in [0.25, 0.3) is 0 Å². The molecule has 0 aliphatic carbocycles. The van der Waals surface area contributed by atoms with Crippen LogP contribution < -0.4 is 0 Å². The second kappa shape index (κ2) is 4.58. The molecule has 0 unspecified atom stereocenters. The lowest BCUT2D eigenvalue weighted by atomic mass is 9.88. The van der Waals surface area contributed by atoms with Gasteiger partial charge in [0.1, 0.15) is 0 Å². The first-order valence-electron chi connectivity index (χ1n) is 5.91. The van der Waals surface area contributed by atoms with Crippen LogP contribution in [-0.4, -0.2) is 35.3 Å². The summed E-state index contributed by atoms with van der Waals surface area (Å²) < 4.78 is 2.04. The highest BCUT2D eigenvalue weighted by Gasteiger charge is 2.23. The molecule has 0 spiro atoms. The lowest BCUT2D eigenvalue weighted by molar-refractivity contribution is 0.410. The number of hydrogen-bond acceptors (Lipinski definition) is 2. The molecule has 0 N–H and O–H groups in total. The number of rotatable bonds is 3. The molecule has 0 atom stereocenters. The zero-order valence-electron chi connectivity index (χ0n) is 11.8. The van der Waals surface area contributed by atoms with Crippen molar-refractivity contribution in [1.29, 1.82) is 0 Å². The largest absolute Gasteiger partial charge is 0.309 e. The van der Waals surface area contributed by atoms with Crippen molar-refractivity contribution in [2.75, 3.05) is 20.6 Å². The Morgan fingerprint density at radius 1 is 1.25 bits per heavy atom. The smallest absolute Gasteiger partial charge is 0.0669 e. The molecule has 1 heterocycles. The number of aromatic nitrogens is 2. The van der Waals surface area contributed by atoms with Crippen LogP contribution in [0, 0.1) is 6.92 Å². The SMILES string of the molecule is Cc1c(CCN(C)C)nn(C)c1C(C)(C)C. The van der Waals surface area contributed by atoms with Crippen molar-refractivity contribution >= 4 is 0 Å². The maximum absolute atomic E-state index is 4.64. The Balaban J connectivity index is 2.98. The highest BCUT2D eigenvalue weighted by Crippen LogP contribution is 2.27. The van der Waals surface area contributed by atoms with E-state index in [0.717, 1.165) is 13.0 Å². The van der Waals surface area contributed by atoms with Gasteiger partial charge in [0.05, 0.1) is 5.69 Å². The van der Waals surface area contributed by atoms with Gasteiger partial charge in [0.15, 0.2) is 0 Å². The molecule has 16 heavy (non-hydrogen) atoms. The van der Waals surface area contributed by atoms with Crippen LogP contribution in [0.1, 0.15) is 37.7 Å². The molecular formula is C13H25N3. The van der Waals surface area contributed by atoms with Gasteiger partial charge in [-0.25, -0.2) is 0 Å². The van der Waals surface area contributed by atoms with E-state index < -0.39 is 0 Å². The number of nitrogens with zero attached hydrogens (tertiary/aromatic N) is 3. The Morgan fingerprint density at radius 2 is 1.81 bits per heavy atom. The van der Waals surface area contributed by atoms with Crippen molar-refractivity contribution < 1.29 is 0 Å². The average molecular weight is 223 g/mol.